The van der Waals surface area contributed by atoms with Crippen LogP contribution in [-0.4, -0.2) is 19.7 Å². The number of halogens is 2. The number of rotatable bonds is 3. The van der Waals surface area contributed by atoms with E-state index in [1.54, 1.807) is 12.1 Å². The van der Waals surface area contributed by atoms with Gasteiger partial charge in [0.15, 0.2) is 0 Å². The molecule has 0 radical (unpaired) electrons. The van der Waals surface area contributed by atoms with E-state index >= 15 is 0 Å². The molecule has 4 heteroatoms. The van der Waals surface area contributed by atoms with Crippen molar-refractivity contribution in [2.75, 3.05) is 19.7 Å². The minimum absolute atomic E-state index is 0. The molecule has 20 heavy (non-hydrogen) atoms. The van der Waals surface area contributed by atoms with Gasteiger partial charge >= 0.3 is 0 Å². The Morgan fingerprint density at radius 2 is 1.90 bits per heavy atom. The molecule has 114 valence electrons. The van der Waals surface area contributed by atoms with E-state index in [4.69, 9.17) is 4.74 Å². The fraction of sp³-hybridized carbons (Fsp3) is 0.625. The fourth-order valence-electron chi connectivity index (χ4n) is 2.47. The molecular formula is C16H25ClFNO. The van der Waals surface area contributed by atoms with Crippen LogP contribution in [0.2, 0.25) is 0 Å². The van der Waals surface area contributed by atoms with Gasteiger partial charge in [-0.2, -0.15) is 0 Å². The number of benzene rings is 1. The molecule has 0 aromatic heterocycles. The smallest absolute Gasteiger partial charge is 0.123 e. The zero-order chi connectivity index (χ0) is 13.9. The fourth-order valence-corrected chi connectivity index (χ4v) is 2.47. The molecule has 1 aliphatic heterocycles. The Labute approximate surface area is 127 Å². The molecule has 2 nitrogen and oxygen atoms in total. The molecule has 2 rings (SSSR count). The molecule has 1 aromatic carbocycles. The van der Waals surface area contributed by atoms with Crippen LogP contribution in [0.4, 0.5) is 4.39 Å². The summed E-state index contributed by atoms with van der Waals surface area (Å²) >= 11 is 0. The largest absolute Gasteiger partial charge is 0.493 e. The molecule has 1 fully saturated rings. The van der Waals surface area contributed by atoms with Crippen LogP contribution in [-0.2, 0) is 5.41 Å². The molecule has 0 aliphatic carbocycles. The summed E-state index contributed by atoms with van der Waals surface area (Å²) < 4.78 is 19.4. The average molecular weight is 302 g/mol. The van der Waals surface area contributed by atoms with Crippen molar-refractivity contribution in [2.24, 2.45) is 5.92 Å². The zero-order valence-corrected chi connectivity index (χ0v) is 13.4. The van der Waals surface area contributed by atoms with Crippen LogP contribution in [0.5, 0.6) is 5.75 Å². The Morgan fingerprint density at radius 1 is 1.25 bits per heavy atom. The predicted molar refractivity (Wildman–Crippen MR) is 83.4 cm³/mol. The number of hydrogen-bond donors (Lipinski definition) is 1. The third kappa shape index (κ3) is 4.64. The van der Waals surface area contributed by atoms with Gasteiger partial charge in [-0.25, -0.2) is 4.39 Å². The van der Waals surface area contributed by atoms with Gasteiger partial charge in [-0.3, -0.25) is 0 Å². The first kappa shape index (κ1) is 17.3. The first-order chi connectivity index (χ1) is 8.97. The second kappa shape index (κ2) is 7.28. The molecule has 0 bridgehead atoms. The molecule has 0 unspecified atom stereocenters. The summed E-state index contributed by atoms with van der Waals surface area (Å²) in [4.78, 5) is 0. The van der Waals surface area contributed by atoms with Crippen molar-refractivity contribution in [1.29, 1.82) is 0 Å². The van der Waals surface area contributed by atoms with Crippen molar-refractivity contribution >= 4 is 12.4 Å². The first-order valence-corrected chi connectivity index (χ1v) is 7.10. The van der Waals surface area contributed by atoms with Gasteiger partial charge in [0, 0.05) is 5.56 Å². The summed E-state index contributed by atoms with van der Waals surface area (Å²) in [5.41, 5.74) is 0.840. The van der Waals surface area contributed by atoms with Crippen molar-refractivity contribution < 1.29 is 9.13 Å². The van der Waals surface area contributed by atoms with Crippen molar-refractivity contribution in [2.45, 2.75) is 39.0 Å². The highest BCUT2D eigenvalue weighted by Gasteiger charge is 2.21. The van der Waals surface area contributed by atoms with Crippen LogP contribution in [0.15, 0.2) is 18.2 Å². The van der Waals surface area contributed by atoms with Gasteiger partial charge in [-0.15, -0.1) is 12.4 Å². The number of hydrogen-bond acceptors (Lipinski definition) is 2. The van der Waals surface area contributed by atoms with Crippen LogP contribution in [0.3, 0.4) is 0 Å². The minimum atomic E-state index is -0.195. The molecule has 0 amide bonds. The van der Waals surface area contributed by atoms with Gasteiger partial charge in [0.2, 0.25) is 0 Å². The van der Waals surface area contributed by atoms with Crippen molar-refractivity contribution in [3.05, 3.63) is 29.6 Å². The summed E-state index contributed by atoms with van der Waals surface area (Å²) in [5.74, 6) is 1.24. The Hall–Kier alpha value is -0.800. The van der Waals surface area contributed by atoms with E-state index in [2.05, 4.69) is 26.1 Å². The molecule has 1 heterocycles. The second-order valence-corrected chi connectivity index (χ2v) is 6.39. The Morgan fingerprint density at radius 3 is 2.50 bits per heavy atom. The van der Waals surface area contributed by atoms with Gasteiger partial charge in [-0.05, 0) is 55.5 Å². The highest BCUT2D eigenvalue weighted by atomic mass is 35.5. The van der Waals surface area contributed by atoms with E-state index in [1.165, 1.54) is 6.07 Å². The lowest BCUT2D eigenvalue weighted by molar-refractivity contribution is 0.211. The third-order valence-electron chi connectivity index (χ3n) is 3.68. The van der Waals surface area contributed by atoms with E-state index in [0.717, 1.165) is 43.9 Å². The van der Waals surface area contributed by atoms with E-state index in [9.17, 15) is 4.39 Å². The number of ether oxygens (including phenoxy) is 1. The summed E-state index contributed by atoms with van der Waals surface area (Å²) in [6, 6.07) is 4.84. The molecule has 0 spiro atoms. The lowest BCUT2D eigenvalue weighted by atomic mass is 9.86. The summed E-state index contributed by atoms with van der Waals surface area (Å²) in [6.07, 6.45) is 2.32. The molecule has 1 aliphatic rings. The molecule has 1 saturated heterocycles. The quantitative estimate of drug-likeness (QED) is 0.913. The Balaban J connectivity index is 0.00000200. The normalized spacial score (nSPS) is 16.6. The van der Waals surface area contributed by atoms with E-state index in [-0.39, 0.29) is 23.6 Å². The molecule has 1 aromatic rings. The first-order valence-electron chi connectivity index (χ1n) is 7.10. The average Bonchev–Trinajstić information content (AvgIpc) is 2.37. The highest BCUT2D eigenvalue weighted by molar-refractivity contribution is 5.85. The molecular weight excluding hydrogens is 277 g/mol. The van der Waals surface area contributed by atoms with Gasteiger partial charge in [0.05, 0.1) is 6.61 Å². The number of nitrogens with one attached hydrogen (secondary N) is 1. The maximum atomic E-state index is 13.4. The summed E-state index contributed by atoms with van der Waals surface area (Å²) in [6.45, 7) is 9.13. The topological polar surface area (TPSA) is 21.3 Å². The monoisotopic (exact) mass is 301 g/mol. The minimum Gasteiger partial charge on any atom is -0.493 e. The van der Waals surface area contributed by atoms with Crippen molar-refractivity contribution in [3.8, 4) is 5.75 Å². The highest BCUT2D eigenvalue weighted by Crippen LogP contribution is 2.32. The van der Waals surface area contributed by atoms with Crippen LogP contribution in [0.25, 0.3) is 0 Å². The lowest BCUT2D eigenvalue weighted by Gasteiger charge is -2.26. The van der Waals surface area contributed by atoms with Gasteiger partial charge in [0.1, 0.15) is 11.6 Å². The van der Waals surface area contributed by atoms with Crippen LogP contribution in [0.1, 0.15) is 39.2 Å². The van der Waals surface area contributed by atoms with Gasteiger partial charge in [-0.1, -0.05) is 20.8 Å². The van der Waals surface area contributed by atoms with Crippen molar-refractivity contribution in [3.63, 3.8) is 0 Å². The van der Waals surface area contributed by atoms with Crippen LogP contribution >= 0.6 is 12.4 Å². The van der Waals surface area contributed by atoms with E-state index in [0.29, 0.717) is 5.92 Å². The van der Waals surface area contributed by atoms with E-state index in [1.807, 2.05) is 0 Å². The van der Waals surface area contributed by atoms with Gasteiger partial charge in [0.25, 0.3) is 0 Å². The van der Waals surface area contributed by atoms with Crippen molar-refractivity contribution in [1.82, 2.24) is 5.32 Å². The lowest BCUT2D eigenvalue weighted by Crippen LogP contribution is -2.30. The molecule has 0 saturated carbocycles. The maximum absolute atomic E-state index is 13.4. The standard InChI is InChI=1S/C16H24FNO.ClH/c1-16(2,3)14-10-13(17)4-5-15(14)19-11-12-6-8-18-9-7-12;/h4-5,10,12,18H,6-9,11H2,1-3H3;1H. The van der Waals surface area contributed by atoms with Crippen LogP contribution in [0, 0.1) is 11.7 Å². The predicted octanol–water partition coefficient (Wildman–Crippen LogP) is 3.92. The SMILES string of the molecule is CC(C)(C)c1cc(F)ccc1OCC1CCNCC1.Cl. The molecule has 0 atom stereocenters. The Bertz CT molecular complexity index is 425. The summed E-state index contributed by atoms with van der Waals surface area (Å²) in [7, 11) is 0. The molecule has 1 N–H and O–H groups in total. The Kier molecular flexibility index (Phi) is 6.28. The second-order valence-electron chi connectivity index (χ2n) is 6.39. The van der Waals surface area contributed by atoms with Crippen LogP contribution < -0.4 is 10.1 Å². The third-order valence-corrected chi connectivity index (χ3v) is 3.68. The maximum Gasteiger partial charge on any atom is 0.123 e. The number of piperidine rings is 1. The zero-order valence-electron chi connectivity index (χ0n) is 12.5. The summed E-state index contributed by atoms with van der Waals surface area (Å²) in [5, 5.41) is 3.35. The van der Waals surface area contributed by atoms with Gasteiger partial charge < -0.3 is 10.1 Å². The van der Waals surface area contributed by atoms with E-state index < -0.39 is 0 Å².